The molecule has 4 aromatic rings. The fraction of sp³-hybridized carbons (Fsp3) is 0.217. The molecule has 0 saturated heterocycles. The van der Waals surface area contributed by atoms with E-state index in [0.717, 1.165) is 43.4 Å². The van der Waals surface area contributed by atoms with Gasteiger partial charge in [0.1, 0.15) is 11.6 Å². The van der Waals surface area contributed by atoms with Crippen LogP contribution in [0.4, 0.5) is 5.69 Å². The Hall–Kier alpha value is -2.82. The van der Waals surface area contributed by atoms with Crippen molar-refractivity contribution in [2.45, 2.75) is 35.2 Å². The number of aromatic nitrogens is 4. The molecule has 2 aromatic heterocycles. The summed E-state index contributed by atoms with van der Waals surface area (Å²) in [4.78, 5) is 18.2. The zero-order valence-corrected chi connectivity index (χ0v) is 21.1. The molecule has 0 bridgehead atoms. The maximum absolute atomic E-state index is 12.6. The van der Waals surface area contributed by atoms with Gasteiger partial charge in [-0.05, 0) is 68.8 Å². The monoisotopic (exact) mass is 497 g/mol. The van der Waals surface area contributed by atoms with Crippen LogP contribution in [0.5, 0.6) is 5.75 Å². The number of anilines is 1. The smallest absolute Gasteiger partial charge is 0.234 e. The number of nitrogens with one attached hydrogen (secondary N) is 1. The summed E-state index contributed by atoms with van der Waals surface area (Å²) < 4.78 is 8.16. The molecule has 2 heterocycles. The molecule has 0 saturated carbocycles. The average molecular weight is 498 g/mol. The van der Waals surface area contributed by atoms with Crippen LogP contribution in [0.25, 0.3) is 5.69 Å². The van der Waals surface area contributed by atoms with Crippen LogP contribution in [0.3, 0.4) is 0 Å². The van der Waals surface area contributed by atoms with E-state index in [-0.39, 0.29) is 11.7 Å². The molecule has 0 radical (unpaired) electrons. The van der Waals surface area contributed by atoms with Crippen LogP contribution in [0, 0.1) is 20.8 Å². The number of methoxy groups -OCH3 is 1. The lowest BCUT2D eigenvalue weighted by molar-refractivity contribution is -0.113. The van der Waals surface area contributed by atoms with E-state index in [4.69, 9.17) is 4.74 Å². The number of rotatable bonds is 8. The summed E-state index contributed by atoms with van der Waals surface area (Å²) in [6.45, 7) is 5.87. The SMILES string of the molecule is COc1ccc(-n2c(C)nnc2SCC(=O)Nc2ccc(Sc3nc(C)cs3)cc2C)cc1. The average Bonchev–Trinajstić information content (AvgIpc) is 3.39. The van der Waals surface area contributed by atoms with Crippen molar-refractivity contribution in [3.05, 3.63) is 64.9 Å². The topological polar surface area (TPSA) is 81.9 Å². The van der Waals surface area contributed by atoms with Gasteiger partial charge in [0, 0.05) is 27.3 Å². The van der Waals surface area contributed by atoms with Gasteiger partial charge in [-0.25, -0.2) is 4.98 Å². The van der Waals surface area contributed by atoms with E-state index in [1.807, 2.05) is 67.1 Å². The quantitative estimate of drug-likeness (QED) is 0.320. The van der Waals surface area contributed by atoms with Gasteiger partial charge in [-0.1, -0.05) is 23.5 Å². The highest BCUT2D eigenvalue weighted by Crippen LogP contribution is 2.32. The van der Waals surface area contributed by atoms with Crippen molar-refractivity contribution in [1.29, 1.82) is 0 Å². The van der Waals surface area contributed by atoms with Gasteiger partial charge in [0.2, 0.25) is 5.91 Å². The first-order chi connectivity index (χ1) is 15.9. The molecule has 0 aliphatic heterocycles. The molecule has 1 amide bonds. The van der Waals surface area contributed by atoms with Gasteiger partial charge in [0.05, 0.1) is 12.9 Å². The molecular weight excluding hydrogens is 474 g/mol. The van der Waals surface area contributed by atoms with Gasteiger partial charge >= 0.3 is 0 Å². The van der Waals surface area contributed by atoms with E-state index in [0.29, 0.717) is 5.16 Å². The Labute approximate surface area is 205 Å². The molecule has 10 heteroatoms. The lowest BCUT2D eigenvalue weighted by Gasteiger charge is -2.11. The fourth-order valence-corrected chi connectivity index (χ4v) is 5.81. The van der Waals surface area contributed by atoms with E-state index < -0.39 is 0 Å². The minimum Gasteiger partial charge on any atom is -0.497 e. The van der Waals surface area contributed by atoms with E-state index in [1.54, 1.807) is 30.2 Å². The van der Waals surface area contributed by atoms with Crippen LogP contribution in [0.15, 0.2) is 62.2 Å². The summed E-state index contributed by atoms with van der Waals surface area (Å²) in [7, 11) is 1.63. The first-order valence-corrected chi connectivity index (χ1v) is 12.8. The summed E-state index contributed by atoms with van der Waals surface area (Å²) in [5.41, 5.74) is 3.75. The summed E-state index contributed by atoms with van der Waals surface area (Å²) in [5.74, 6) is 1.66. The Kier molecular flexibility index (Phi) is 7.36. The molecular formula is C23H23N5O2S3. The number of thioether (sulfide) groups is 1. The molecule has 1 N–H and O–H groups in total. The second-order valence-corrected chi connectivity index (χ2v) is 10.4. The van der Waals surface area contributed by atoms with E-state index in [1.165, 1.54) is 11.8 Å². The largest absolute Gasteiger partial charge is 0.497 e. The van der Waals surface area contributed by atoms with Gasteiger partial charge in [0.15, 0.2) is 9.50 Å². The Morgan fingerprint density at radius 1 is 1.12 bits per heavy atom. The third-order valence-corrected chi connectivity index (χ3v) is 7.71. The Balaban J connectivity index is 1.39. The van der Waals surface area contributed by atoms with Crippen molar-refractivity contribution in [2.75, 3.05) is 18.2 Å². The van der Waals surface area contributed by atoms with Crippen LogP contribution in [0.2, 0.25) is 0 Å². The highest BCUT2D eigenvalue weighted by atomic mass is 32.2. The van der Waals surface area contributed by atoms with Gasteiger partial charge in [0.25, 0.3) is 0 Å². The molecule has 0 fully saturated rings. The highest BCUT2D eigenvalue weighted by molar-refractivity contribution is 8.01. The third-order valence-electron chi connectivity index (χ3n) is 4.73. The first-order valence-electron chi connectivity index (χ1n) is 10.1. The molecule has 2 aromatic carbocycles. The zero-order valence-electron chi connectivity index (χ0n) is 18.7. The summed E-state index contributed by atoms with van der Waals surface area (Å²) in [6.07, 6.45) is 0. The molecule has 0 atom stereocenters. The maximum atomic E-state index is 12.6. The minimum absolute atomic E-state index is 0.0963. The highest BCUT2D eigenvalue weighted by Gasteiger charge is 2.14. The number of carbonyl (C=O) groups is 1. The predicted octanol–water partition coefficient (Wildman–Crippen LogP) is 5.54. The Morgan fingerprint density at radius 2 is 1.91 bits per heavy atom. The Bertz CT molecular complexity index is 1270. The van der Waals surface area contributed by atoms with Gasteiger partial charge in [-0.15, -0.1) is 21.5 Å². The van der Waals surface area contributed by atoms with Crippen molar-refractivity contribution >= 4 is 46.5 Å². The number of carbonyl (C=O) groups excluding carboxylic acids is 1. The molecule has 0 aliphatic rings. The summed E-state index contributed by atoms with van der Waals surface area (Å²) >= 11 is 4.61. The first kappa shape index (κ1) is 23.3. The number of aryl methyl sites for hydroxylation is 3. The van der Waals surface area contributed by atoms with Crippen molar-refractivity contribution in [3.8, 4) is 11.4 Å². The van der Waals surface area contributed by atoms with E-state index in [9.17, 15) is 4.79 Å². The molecule has 0 aliphatic carbocycles. The number of hydrogen-bond acceptors (Lipinski definition) is 8. The number of benzene rings is 2. The standard InChI is InChI=1S/C23H23N5O2S3/c1-14-11-19(33-23-24-15(2)12-32-23)9-10-20(14)25-21(29)13-31-22-27-26-16(3)28(22)17-5-7-18(30-4)8-6-17/h5-12H,13H2,1-4H3,(H,25,29). The minimum atomic E-state index is -0.0963. The molecule has 0 spiro atoms. The van der Waals surface area contributed by atoms with Crippen molar-refractivity contribution in [1.82, 2.24) is 19.7 Å². The fourth-order valence-electron chi connectivity index (χ4n) is 3.10. The number of amides is 1. The number of thiazole rings is 1. The van der Waals surface area contributed by atoms with Crippen molar-refractivity contribution in [2.24, 2.45) is 0 Å². The van der Waals surface area contributed by atoms with Gasteiger partial charge in [-0.3, -0.25) is 9.36 Å². The van der Waals surface area contributed by atoms with Crippen LogP contribution in [0.1, 0.15) is 17.1 Å². The normalized spacial score (nSPS) is 10.9. The number of nitrogens with zero attached hydrogens (tertiary/aromatic N) is 4. The predicted molar refractivity (Wildman–Crippen MR) is 134 cm³/mol. The number of hydrogen-bond donors (Lipinski definition) is 1. The van der Waals surface area contributed by atoms with Crippen molar-refractivity contribution < 1.29 is 9.53 Å². The second-order valence-electron chi connectivity index (χ2n) is 7.23. The van der Waals surface area contributed by atoms with E-state index in [2.05, 4.69) is 26.6 Å². The van der Waals surface area contributed by atoms with Crippen molar-refractivity contribution in [3.63, 3.8) is 0 Å². The number of ether oxygens (including phenoxy) is 1. The van der Waals surface area contributed by atoms with E-state index >= 15 is 0 Å². The lowest BCUT2D eigenvalue weighted by atomic mass is 10.2. The van der Waals surface area contributed by atoms with Gasteiger partial charge in [-0.2, -0.15) is 0 Å². The van der Waals surface area contributed by atoms with Crippen LogP contribution in [-0.2, 0) is 4.79 Å². The molecule has 170 valence electrons. The summed E-state index contributed by atoms with van der Waals surface area (Å²) in [5, 5.41) is 14.1. The van der Waals surface area contributed by atoms with Crippen LogP contribution in [-0.4, -0.2) is 38.5 Å². The zero-order chi connectivity index (χ0) is 23.4. The molecule has 4 rings (SSSR count). The second kappa shape index (κ2) is 10.4. The molecule has 0 unspecified atom stereocenters. The van der Waals surface area contributed by atoms with Gasteiger partial charge < -0.3 is 10.1 Å². The Morgan fingerprint density at radius 3 is 2.58 bits per heavy atom. The maximum Gasteiger partial charge on any atom is 0.234 e. The molecule has 7 nitrogen and oxygen atoms in total. The van der Waals surface area contributed by atoms with Crippen LogP contribution >= 0.6 is 34.9 Å². The third kappa shape index (κ3) is 5.76. The molecule has 33 heavy (non-hydrogen) atoms. The summed E-state index contributed by atoms with van der Waals surface area (Å²) in [6, 6.07) is 13.6. The van der Waals surface area contributed by atoms with Crippen LogP contribution < -0.4 is 10.1 Å². The lowest BCUT2D eigenvalue weighted by Crippen LogP contribution is -2.15.